The fraction of sp³-hybridized carbons (Fsp3) is 0.714. The van der Waals surface area contributed by atoms with Crippen LogP contribution < -0.4 is 24.0 Å². The van der Waals surface area contributed by atoms with Crippen molar-refractivity contribution in [1.29, 1.82) is 0 Å². The Balaban J connectivity index is 0. The average Bonchev–Trinajstić information content (AvgIpc) is 1.63. The van der Waals surface area contributed by atoms with Crippen molar-refractivity contribution in [3.05, 3.63) is 11.8 Å². The predicted octanol–water partition coefficient (Wildman–Crippen LogP) is -1.83. The first-order valence-corrected chi connectivity index (χ1v) is 6.90. The Labute approximate surface area is 76.7 Å². The summed E-state index contributed by atoms with van der Waals surface area (Å²) in [5.41, 5.74) is 2.21. The van der Waals surface area contributed by atoms with Crippen LogP contribution in [0.25, 0.3) is 0 Å². The Morgan fingerprint density at radius 2 is 1.80 bits per heavy atom. The van der Waals surface area contributed by atoms with Gasteiger partial charge in [-0.1, -0.05) is 37.8 Å². The molecule has 0 aliphatic heterocycles. The molecule has 0 spiro atoms. The summed E-state index contributed by atoms with van der Waals surface area (Å²) < 4.78 is 0. The van der Waals surface area contributed by atoms with E-state index in [-0.39, 0.29) is 25.5 Å². The van der Waals surface area contributed by atoms with Crippen molar-refractivity contribution in [2.45, 2.75) is 26.1 Å². The molecule has 0 aromatic carbocycles. The standard InChI is InChI=1S/C7H15OSi.Li/c1-9(2,3)7-5-4-6-8;/h5,7H,4,6H2,1-3H3;/q-1;+1/b7-5-;. The smallest absolute Gasteiger partial charge is 0.854 e. The number of hydrogen-bond donors (Lipinski definition) is 0. The van der Waals surface area contributed by atoms with Crippen LogP contribution in [0.3, 0.4) is 0 Å². The van der Waals surface area contributed by atoms with Crippen molar-refractivity contribution < 1.29 is 24.0 Å². The summed E-state index contributed by atoms with van der Waals surface area (Å²) >= 11 is 0. The van der Waals surface area contributed by atoms with Gasteiger partial charge in [-0.2, -0.15) is 0 Å². The normalized spacial score (nSPS) is 11.6. The minimum atomic E-state index is -1.01. The van der Waals surface area contributed by atoms with E-state index in [1.165, 1.54) is 0 Å². The van der Waals surface area contributed by atoms with E-state index in [0.29, 0.717) is 6.42 Å². The molecule has 0 radical (unpaired) electrons. The third-order valence-electron chi connectivity index (χ3n) is 0.902. The van der Waals surface area contributed by atoms with Gasteiger partial charge in [-0.15, -0.1) is 6.61 Å². The molecular formula is C7H15LiOSi. The molecule has 1 nitrogen and oxygen atoms in total. The molecule has 10 heavy (non-hydrogen) atoms. The summed E-state index contributed by atoms with van der Waals surface area (Å²) in [6.07, 6.45) is 2.71. The molecule has 3 heteroatoms. The molecule has 0 atom stereocenters. The maximum Gasteiger partial charge on any atom is 1.00 e. The van der Waals surface area contributed by atoms with Crippen LogP contribution in [0.1, 0.15) is 6.42 Å². The molecule has 0 aliphatic rings. The van der Waals surface area contributed by atoms with Crippen LogP contribution in [-0.4, -0.2) is 14.7 Å². The molecule has 0 bridgehead atoms. The van der Waals surface area contributed by atoms with Crippen molar-refractivity contribution in [3.8, 4) is 0 Å². The van der Waals surface area contributed by atoms with E-state index in [1.807, 2.05) is 6.08 Å². The fourth-order valence-corrected chi connectivity index (χ4v) is 1.38. The second-order valence-electron chi connectivity index (χ2n) is 3.26. The minimum Gasteiger partial charge on any atom is -0.854 e. The molecule has 0 saturated carbocycles. The Bertz CT molecular complexity index is 96.3. The summed E-state index contributed by atoms with van der Waals surface area (Å²) in [6, 6.07) is 0. The predicted molar refractivity (Wildman–Crippen MR) is 42.0 cm³/mol. The van der Waals surface area contributed by atoms with E-state index < -0.39 is 8.07 Å². The zero-order valence-corrected chi connectivity index (χ0v) is 8.48. The minimum absolute atomic E-state index is 0. The van der Waals surface area contributed by atoms with Crippen LogP contribution in [-0.2, 0) is 0 Å². The summed E-state index contributed by atoms with van der Waals surface area (Å²) in [6.45, 7) is 6.80. The molecule has 0 aliphatic carbocycles. The van der Waals surface area contributed by atoms with E-state index in [9.17, 15) is 5.11 Å². The molecule has 54 valence electrons. The average molecular weight is 150 g/mol. The Morgan fingerprint density at radius 1 is 1.30 bits per heavy atom. The van der Waals surface area contributed by atoms with Gasteiger partial charge in [0.2, 0.25) is 0 Å². The van der Waals surface area contributed by atoms with Crippen LogP contribution in [0.2, 0.25) is 19.6 Å². The van der Waals surface area contributed by atoms with E-state index in [0.717, 1.165) is 0 Å². The largest absolute Gasteiger partial charge is 1.00 e. The van der Waals surface area contributed by atoms with Gasteiger partial charge in [0, 0.05) is 0 Å². The SMILES string of the molecule is C[Si](C)(C)/C=C\CC[O-].[Li+]. The van der Waals surface area contributed by atoms with Crippen LogP contribution in [0.15, 0.2) is 11.8 Å². The Morgan fingerprint density at radius 3 is 2.10 bits per heavy atom. The van der Waals surface area contributed by atoms with Gasteiger partial charge in [0.25, 0.3) is 0 Å². The molecule has 0 N–H and O–H groups in total. The Kier molecular flexibility index (Phi) is 8.19. The van der Waals surface area contributed by atoms with Crippen molar-refractivity contribution in [3.63, 3.8) is 0 Å². The molecule has 0 heterocycles. The summed E-state index contributed by atoms with van der Waals surface area (Å²) in [5.74, 6) is 0. The first kappa shape index (κ1) is 13.1. The maximum absolute atomic E-state index is 9.98. The van der Waals surface area contributed by atoms with Crippen molar-refractivity contribution in [2.24, 2.45) is 0 Å². The van der Waals surface area contributed by atoms with E-state index >= 15 is 0 Å². The third-order valence-corrected chi connectivity index (χ3v) is 2.14. The molecular weight excluding hydrogens is 135 g/mol. The summed E-state index contributed by atoms with van der Waals surface area (Å²) in [5, 5.41) is 9.98. The topological polar surface area (TPSA) is 23.1 Å². The van der Waals surface area contributed by atoms with Gasteiger partial charge in [-0.05, 0) is 0 Å². The molecule has 0 unspecified atom stereocenters. The van der Waals surface area contributed by atoms with Gasteiger partial charge in [-0.25, -0.2) is 0 Å². The van der Waals surface area contributed by atoms with Crippen molar-refractivity contribution >= 4 is 8.07 Å². The van der Waals surface area contributed by atoms with Crippen molar-refractivity contribution in [1.82, 2.24) is 0 Å². The number of rotatable bonds is 3. The fourth-order valence-electron chi connectivity index (χ4n) is 0.505. The van der Waals surface area contributed by atoms with Gasteiger partial charge in [0.05, 0.1) is 8.07 Å². The molecule has 0 aromatic heterocycles. The van der Waals surface area contributed by atoms with Crippen LogP contribution in [0, 0.1) is 0 Å². The molecule has 0 amide bonds. The zero-order valence-electron chi connectivity index (χ0n) is 7.48. The molecule has 0 saturated heterocycles. The second kappa shape index (κ2) is 6.24. The summed E-state index contributed by atoms with van der Waals surface area (Å²) in [7, 11) is -1.01. The van der Waals surface area contributed by atoms with Crippen molar-refractivity contribution in [2.75, 3.05) is 6.61 Å². The number of hydrogen-bond acceptors (Lipinski definition) is 1. The van der Waals surface area contributed by atoms with E-state index in [4.69, 9.17) is 0 Å². The van der Waals surface area contributed by atoms with Gasteiger partial charge in [0.15, 0.2) is 0 Å². The van der Waals surface area contributed by atoms with E-state index in [1.54, 1.807) is 0 Å². The monoisotopic (exact) mass is 150 g/mol. The molecule has 0 rings (SSSR count). The molecule has 0 aromatic rings. The summed E-state index contributed by atoms with van der Waals surface area (Å²) in [4.78, 5) is 0. The zero-order chi connectivity index (χ0) is 7.33. The second-order valence-corrected chi connectivity index (χ2v) is 8.33. The Hall–Kier alpha value is 0.514. The van der Waals surface area contributed by atoms with Crippen LogP contribution in [0.4, 0.5) is 0 Å². The first-order valence-electron chi connectivity index (χ1n) is 3.32. The quantitative estimate of drug-likeness (QED) is 0.434. The molecule has 0 fully saturated rings. The van der Waals surface area contributed by atoms with Crippen LogP contribution >= 0.6 is 0 Å². The van der Waals surface area contributed by atoms with Gasteiger partial charge in [-0.3, -0.25) is 0 Å². The van der Waals surface area contributed by atoms with Gasteiger partial charge >= 0.3 is 18.9 Å². The van der Waals surface area contributed by atoms with E-state index in [2.05, 4.69) is 25.3 Å². The first-order chi connectivity index (χ1) is 4.06. The maximum atomic E-state index is 9.98. The van der Waals surface area contributed by atoms with Gasteiger partial charge < -0.3 is 5.11 Å². The van der Waals surface area contributed by atoms with Gasteiger partial charge in [0.1, 0.15) is 0 Å². The third kappa shape index (κ3) is 11.3. The van der Waals surface area contributed by atoms with Crippen LogP contribution in [0.5, 0.6) is 0 Å².